The fourth-order valence-corrected chi connectivity index (χ4v) is 3.25. The number of sulfone groups is 1. The summed E-state index contributed by atoms with van der Waals surface area (Å²) in [6.45, 7) is 0. The molecule has 0 amide bonds. The van der Waals surface area contributed by atoms with Gasteiger partial charge in [-0.15, -0.1) is 0 Å². The van der Waals surface area contributed by atoms with Crippen LogP contribution in [0.25, 0.3) is 0 Å². The second-order valence-electron chi connectivity index (χ2n) is 4.59. The Labute approximate surface area is 131 Å². The van der Waals surface area contributed by atoms with Crippen molar-refractivity contribution in [3.8, 4) is 5.75 Å². The number of alkyl halides is 1. The predicted octanol–water partition coefficient (Wildman–Crippen LogP) is 3.72. The van der Waals surface area contributed by atoms with E-state index in [9.17, 15) is 12.8 Å². The van der Waals surface area contributed by atoms with Crippen molar-refractivity contribution in [2.45, 2.75) is 9.72 Å². The van der Waals surface area contributed by atoms with E-state index in [-0.39, 0.29) is 4.90 Å². The normalized spacial score (nSPS) is 13.0. The number of methoxy groups -OCH3 is 1. The molecule has 112 valence electrons. The second-order valence-corrected chi connectivity index (χ2v) is 7.53. The van der Waals surface area contributed by atoms with Crippen LogP contribution in [0.5, 0.6) is 5.75 Å². The molecule has 6 heteroatoms. The average Bonchev–Trinajstić information content (AvgIpc) is 2.45. The zero-order valence-corrected chi connectivity index (χ0v) is 13.9. The minimum absolute atomic E-state index is 0.207. The summed E-state index contributed by atoms with van der Waals surface area (Å²) in [6, 6.07) is 11.0. The molecule has 2 rings (SSSR count). The molecular weight excluding hydrogens is 359 g/mol. The molecule has 1 unspecified atom stereocenters. The molecule has 2 aromatic carbocycles. The van der Waals surface area contributed by atoms with Gasteiger partial charge in [0.1, 0.15) is 11.6 Å². The first-order valence-corrected chi connectivity index (χ1v) is 8.91. The van der Waals surface area contributed by atoms with Gasteiger partial charge in [-0.25, -0.2) is 12.8 Å². The van der Waals surface area contributed by atoms with Crippen LogP contribution in [-0.2, 0) is 9.84 Å². The van der Waals surface area contributed by atoms with Crippen molar-refractivity contribution in [2.24, 2.45) is 0 Å². The second kappa shape index (κ2) is 6.15. The van der Waals surface area contributed by atoms with Gasteiger partial charge >= 0.3 is 0 Å². The summed E-state index contributed by atoms with van der Waals surface area (Å²) in [5.74, 6) is 0.0156. The molecule has 0 aromatic heterocycles. The Morgan fingerprint density at radius 1 is 1.19 bits per heavy atom. The fourth-order valence-electron chi connectivity index (χ4n) is 1.92. The summed E-state index contributed by atoms with van der Waals surface area (Å²) in [4.78, 5) is -0.233. The van der Waals surface area contributed by atoms with Crippen molar-refractivity contribution >= 4 is 25.8 Å². The minimum Gasteiger partial charge on any atom is -0.497 e. The van der Waals surface area contributed by atoms with Gasteiger partial charge in [0, 0.05) is 17.9 Å². The maximum atomic E-state index is 14.1. The molecule has 3 nitrogen and oxygen atoms in total. The third-order valence-corrected chi connectivity index (χ3v) is 5.19. The highest BCUT2D eigenvalue weighted by Crippen LogP contribution is 2.34. The Kier molecular flexibility index (Phi) is 4.68. The molecule has 0 heterocycles. The molecule has 0 saturated carbocycles. The molecule has 0 aliphatic heterocycles. The molecule has 0 aliphatic carbocycles. The number of benzene rings is 2. The van der Waals surface area contributed by atoms with Crippen molar-refractivity contribution in [2.75, 3.05) is 13.4 Å². The van der Waals surface area contributed by atoms with Crippen LogP contribution in [0.4, 0.5) is 4.39 Å². The van der Waals surface area contributed by atoms with Gasteiger partial charge in [-0.2, -0.15) is 0 Å². The lowest BCUT2D eigenvalue weighted by molar-refractivity contribution is 0.411. The molecule has 2 aromatic rings. The Morgan fingerprint density at radius 3 is 2.48 bits per heavy atom. The van der Waals surface area contributed by atoms with Crippen LogP contribution >= 0.6 is 15.9 Å². The molecule has 0 bridgehead atoms. The standard InChI is InChI=1S/C15H14BrFO3S/c1-20-11-6-7-13(14(17)9-11)15(16)10-4-3-5-12(8-10)21(2,18)19/h3-9,15H,1-2H3. The van der Waals surface area contributed by atoms with E-state index in [4.69, 9.17) is 4.74 Å². The third-order valence-electron chi connectivity index (χ3n) is 3.06. The van der Waals surface area contributed by atoms with Gasteiger partial charge < -0.3 is 4.74 Å². The smallest absolute Gasteiger partial charge is 0.175 e. The number of rotatable bonds is 4. The van der Waals surface area contributed by atoms with Gasteiger partial charge in [-0.1, -0.05) is 34.1 Å². The minimum atomic E-state index is -3.30. The summed E-state index contributed by atoms with van der Waals surface area (Å²) in [5.41, 5.74) is 1.09. The number of halogens is 2. The molecule has 0 saturated heterocycles. The summed E-state index contributed by atoms with van der Waals surface area (Å²) < 4.78 is 42.2. The quantitative estimate of drug-likeness (QED) is 0.768. The van der Waals surface area contributed by atoms with E-state index in [0.717, 1.165) is 6.26 Å². The summed E-state index contributed by atoms with van der Waals surface area (Å²) in [7, 11) is -1.83. The highest BCUT2D eigenvalue weighted by Gasteiger charge is 2.17. The largest absolute Gasteiger partial charge is 0.497 e. The molecule has 1 atom stereocenters. The Balaban J connectivity index is 2.43. The zero-order valence-electron chi connectivity index (χ0n) is 11.5. The van der Waals surface area contributed by atoms with E-state index in [0.29, 0.717) is 16.9 Å². The Bertz CT molecular complexity index is 759. The van der Waals surface area contributed by atoms with Gasteiger partial charge in [-0.3, -0.25) is 0 Å². The first-order chi connectivity index (χ1) is 9.82. The molecular formula is C15H14BrFO3S. The maximum Gasteiger partial charge on any atom is 0.175 e. The van der Waals surface area contributed by atoms with Crippen LogP contribution in [0, 0.1) is 5.82 Å². The topological polar surface area (TPSA) is 43.4 Å². The zero-order chi connectivity index (χ0) is 15.6. The van der Waals surface area contributed by atoms with Crippen molar-refractivity contribution in [3.05, 3.63) is 59.4 Å². The van der Waals surface area contributed by atoms with Crippen molar-refractivity contribution in [3.63, 3.8) is 0 Å². The van der Waals surface area contributed by atoms with Crippen molar-refractivity contribution in [1.82, 2.24) is 0 Å². The Hall–Kier alpha value is -1.40. The van der Waals surface area contributed by atoms with Crippen molar-refractivity contribution in [1.29, 1.82) is 0 Å². The molecule has 0 aliphatic rings. The number of hydrogen-bond acceptors (Lipinski definition) is 3. The summed E-state index contributed by atoms with van der Waals surface area (Å²) >= 11 is 3.42. The van der Waals surface area contributed by atoms with Gasteiger partial charge in [0.25, 0.3) is 0 Å². The predicted molar refractivity (Wildman–Crippen MR) is 83.3 cm³/mol. The van der Waals surface area contributed by atoms with E-state index in [2.05, 4.69) is 15.9 Å². The molecule has 0 spiro atoms. The lowest BCUT2D eigenvalue weighted by Crippen LogP contribution is -2.01. The third kappa shape index (κ3) is 3.63. The molecule has 21 heavy (non-hydrogen) atoms. The lowest BCUT2D eigenvalue weighted by Gasteiger charge is -2.13. The SMILES string of the molecule is COc1ccc(C(Br)c2cccc(S(C)(=O)=O)c2)c(F)c1. The molecule has 0 radical (unpaired) electrons. The van der Waals surface area contributed by atoms with E-state index in [1.54, 1.807) is 30.3 Å². The first kappa shape index (κ1) is 16.0. The summed E-state index contributed by atoms with van der Waals surface area (Å²) in [6.07, 6.45) is 1.14. The fraction of sp³-hybridized carbons (Fsp3) is 0.200. The van der Waals surface area contributed by atoms with E-state index >= 15 is 0 Å². The lowest BCUT2D eigenvalue weighted by atomic mass is 10.0. The number of hydrogen-bond donors (Lipinski definition) is 0. The van der Waals surface area contributed by atoms with E-state index in [1.165, 1.54) is 19.2 Å². The van der Waals surface area contributed by atoms with Crippen LogP contribution in [-0.4, -0.2) is 21.8 Å². The number of ether oxygens (including phenoxy) is 1. The monoisotopic (exact) mass is 372 g/mol. The van der Waals surface area contributed by atoms with Crippen LogP contribution < -0.4 is 4.74 Å². The van der Waals surface area contributed by atoms with Crippen LogP contribution in [0.3, 0.4) is 0 Å². The van der Waals surface area contributed by atoms with Gasteiger partial charge in [0.2, 0.25) is 0 Å². The van der Waals surface area contributed by atoms with Gasteiger partial charge in [-0.05, 0) is 23.8 Å². The van der Waals surface area contributed by atoms with E-state index in [1.807, 2.05) is 0 Å². The van der Waals surface area contributed by atoms with Crippen LogP contribution in [0.1, 0.15) is 16.0 Å². The summed E-state index contributed by atoms with van der Waals surface area (Å²) in [5, 5.41) is 0. The highest BCUT2D eigenvalue weighted by molar-refractivity contribution is 9.09. The van der Waals surface area contributed by atoms with Gasteiger partial charge in [0.15, 0.2) is 9.84 Å². The first-order valence-electron chi connectivity index (χ1n) is 6.10. The van der Waals surface area contributed by atoms with Crippen LogP contribution in [0.2, 0.25) is 0 Å². The average molecular weight is 373 g/mol. The molecule has 0 fully saturated rings. The van der Waals surface area contributed by atoms with E-state index < -0.39 is 20.5 Å². The van der Waals surface area contributed by atoms with Crippen LogP contribution in [0.15, 0.2) is 47.4 Å². The maximum absolute atomic E-state index is 14.1. The Morgan fingerprint density at radius 2 is 1.90 bits per heavy atom. The van der Waals surface area contributed by atoms with Gasteiger partial charge in [0.05, 0.1) is 16.8 Å². The highest BCUT2D eigenvalue weighted by atomic mass is 79.9. The van der Waals surface area contributed by atoms with Crippen molar-refractivity contribution < 1.29 is 17.5 Å². The molecule has 0 N–H and O–H groups in total.